The smallest absolute Gasteiger partial charge is 0.289 e. The quantitative estimate of drug-likeness (QED) is 0.803. The molecule has 1 aliphatic rings. The van der Waals surface area contributed by atoms with Crippen LogP contribution in [0, 0.1) is 0 Å². The van der Waals surface area contributed by atoms with E-state index < -0.39 is 10.0 Å². The van der Waals surface area contributed by atoms with Gasteiger partial charge in [0.15, 0.2) is 5.76 Å². The van der Waals surface area contributed by atoms with Gasteiger partial charge in [0.05, 0.1) is 12.8 Å². The van der Waals surface area contributed by atoms with Crippen molar-refractivity contribution in [3.05, 3.63) is 42.0 Å². The van der Waals surface area contributed by atoms with Crippen LogP contribution >= 0.6 is 0 Å². The molecular formula is C15H18N2O5S. The average molecular weight is 338 g/mol. The lowest BCUT2D eigenvalue weighted by Crippen LogP contribution is -2.32. The van der Waals surface area contributed by atoms with Gasteiger partial charge in [-0.3, -0.25) is 4.79 Å². The predicted molar refractivity (Wildman–Crippen MR) is 81.2 cm³/mol. The highest BCUT2D eigenvalue weighted by Crippen LogP contribution is 2.34. The Morgan fingerprint density at radius 3 is 2.57 bits per heavy atom. The molecule has 0 aromatic carbocycles. The molecule has 1 amide bonds. The fourth-order valence-electron chi connectivity index (χ4n) is 2.24. The van der Waals surface area contributed by atoms with E-state index >= 15 is 0 Å². The van der Waals surface area contributed by atoms with Crippen molar-refractivity contribution in [2.24, 2.45) is 0 Å². The molecule has 1 saturated carbocycles. The first-order valence-corrected chi connectivity index (χ1v) is 8.69. The highest BCUT2D eigenvalue weighted by Gasteiger charge is 2.40. The van der Waals surface area contributed by atoms with Crippen molar-refractivity contribution in [3.63, 3.8) is 0 Å². The minimum absolute atomic E-state index is 0.00215. The van der Waals surface area contributed by atoms with Gasteiger partial charge in [0.2, 0.25) is 5.09 Å². The maximum atomic E-state index is 12.8. The Hall–Kier alpha value is -2.06. The van der Waals surface area contributed by atoms with E-state index in [-0.39, 0.29) is 29.3 Å². The number of hydrogen-bond donors (Lipinski definition) is 0. The monoisotopic (exact) mass is 338 g/mol. The van der Waals surface area contributed by atoms with Crippen LogP contribution in [0.5, 0.6) is 0 Å². The molecular weight excluding hydrogens is 320 g/mol. The van der Waals surface area contributed by atoms with E-state index in [1.165, 1.54) is 27.6 Å². The van der Waals surface area contributed by atoms with Gasteiger partial charge in [-0.05, 0) is 37.1 Å². The molecule has 0 aliphatic heterocycles. The largest absolute Gasteiger partial charge is 0.468 e. The first kappa shape index (κ1) is 15.8. The number of sulfonamides is 1. The predicted octanol–water partition coefficient (Wildman–Crippen LogP) is 1.93. The van der Waals surface area contributed by atoms with Crippen LogP contribution in [0.3, 0.4) is 0 Å². The fraction of sp³-hybridized carbons (Fsp3) is 0.400. The summed E-state index contributed by atoms with van der Waals surface area (Å²) in [5.41, 5.74) is 0. The second-order valence-corrected chi connectivity index (χ2v) is 7.50. The minimum atomic E-state index is -3.82. The van der Waals surface area contributed by atoms with Gasteiger partial charge in [0.1, 0.15) is 5.76 Å². The topological polar surface area (TPSA) is 84.0 Å². The van der Waals surface area contributed by atoms with Crippen LogP contribution in [-0.4, -0.2) is 43.7 Å². The molecule has 7 nitrogen and oxygen atoms in total. The molecule has 2 heterocycles. The van der Waals surface area contributed by atoms with Crippen molar-refractivity contribution >= 4 is 15.9 Å². The molecule has 124 valence electrons. The summed E-state index contributed by atoms with van der Waals surface area (Å²) in [5.74, 6) is 0.189. The molecule has 3 rings (SSSR count). The molecule has 0 radical (unpaired) electrons. The molecule has 0 bridgehead atoms. The molecule has 23 heavy (non-hydrogen) atoms. The number of rotatable bonds is 6. The molecule has 1 aliphatic carbocycles. The maximum Gasteiger partial charge on any atom is 0.289 e. The highest BCUT2D eigenvalue weighted by molar-refractivity contribution is 7.89. The molecule has 2 aromatic heterocycles. The van der Waals surface area contributed by atoms with Crippen molar-refractivity contribution in [2.75, 3.05) is 14.1 Å². The average Bonchev–Trinajstić information content (AvgIpc) is 3.02. The number of hydrogen-bond acceptors (Lipinski definition) is 5. The zero-order chi connectivity index (χ0) is 16.6. The number of nitrogens with zero attached hydrogens (tertiary/aromatic N) is 2. The molecule has 8 heteroatoms. The summed E-state index contributed by atoms with van der Waals surface area (Å²) < 4.78 is 37.5. The first-order valence-electron chi connectivity index (χ1n) is 7.25. The SMILES string of the molecule is CN(C)C(=O)c1ccc(S(=O)(=O)N(Cc2ccco2)C2CC2)o1. The summed E-state index contributed by atoms with van der Waals surface area (Å²) in [6.45, 7) is 0.150. The zero-order valence-electron chi connectivity index (χ0n) is 12.9. The van der Waals surface area contributed by atoms with Gasteiger partial charge in [-0.2, -0.15) is 4.31 Å². The number of furan rings is 2. The standard InChI is InChI=1S/C15H18N2O5S/c1-16(2)15(18)13-7-8-14(22-13)23(19,20)17(11-5-6-11)10-12-4-3-9-21-12/h3-4,7-9,11H,5-6,10H2,1-2H3. The zero-order valence-corrected chi connectivity index (χ0v) is 13.7. The van der Waals surface area contributed by atoms with E-state index in [9.17, 15) is 13.2 Å². The molecule has 1 fully saturated rings. The second kappa shape index (κ2) is 5.86. The van der Waals surface area contributed by atoms with E-state index in [4.69, 9.17) is 8.83 Å². The van der Waals surface area contributed by atoms with Crippen molar-refractivity contribution in [3.8, 4) is 0 Å². The lowest BCUT2D eigenvalue weighted by atomic mass is 10.4. The Morgan fingerprint density at radius 1 is 1.26 bits per heavy atom. The highest BCUT2D eigenvalue weighted by atomic mass is 32.2. The van der Waals surface area contributed by atoms with Crippen molar-refractivity contribution < 1.29 is 22.0 Å². The maximum absolute atomic E-state index is 12.8. The number of amides is 1. The van der Waals surface area contributed by atoms with E-state index in [1.54, 1.807) is 26.2 Å². The fourth-order valence-corrected chi connectivity index (χ4v) is 3.81. The third-order valence-corrected chi connectivity index (χ3v) is 5.38. The van der Waals surface area contributed by atoms with Crippen LogP contribution in [0.15, 0.2) is 44.5 Å². The lowest BCUT2D eigenvalue weighted by Gasteiger charge is -2.19. The first-order chi connectivity index (χ1) is 10.9. The summed E-state index contributed by atoms with van der Waals surface area (Å²) >= 11 is 0. The lowest BCUT2D eigenvalue weighted by molar-refractivity contribution is 0.0790. The molecule has 0 atom stereocenters. The van der Waals surface area contributed by atoms with Gasteiger partial charge in [-0.15, -0.1) is 0 Å². The summed E-state index contributed by atoms with van der Waals surface area (Å²) in [7, 11) is -0.665. The minimum Gasteiger partial charge on any atom is -0.468 e. The Kier molecular flexibility index (Phi) is 4.03. The van der Waals surface area contributed by atoms with Crippen molar-refractivity contribution in [2.45, 2.75) is 30.5 Å². The third kappa shape index (κ3) is 3.18. The van der Waals surface area contributed by atoms with Crippen LogP contribution in [-0.2, 0) is 16.6 Å². The Morgan fingerprint density at radius 2 is 2.00 bits per heavy atom. The Balaban J connectivity index is 1.88. The molecule has 0 spiro atoms. The van der Waals surface area contributed by atoms with Crippen LogP contribution in [0.2, 0.25) is 0 Å². The second-order valence-electron chi connectivity index (χ2n) is 5.68. The van der Waals surface area contributed by atoms with Crippen molar-refractivity contribution in [1.82, 2.24) is 9.21 Å². The van der Waals surface area contributed by atoms with E-state index in [1.807, 2.05) is 0 Å². The summed E-state index contributed by atoms with van der Waals surface area (Å²) in [4.78, 5) is 13.2. The third-order valence-electron chi connectivity index (χ3n) is 3.61. The molecule has 0 saturated heterocycles. The van der Waals surface area contributed by atoms with E-state index in [0.717, 1.165) is 12.8 Å². The Labute approximate surface area is 134 Å². The molecule has 0 N–H and O–H groups in total. The number of carbonyl (C=O) groups excluding carboxylic acids is 1. The van der Waals surface area contributed by atoms with Gasteiger partial charge in [0.25, 0.3) is 15.9 Å². The number of carbonyl (C=O) groups is 1. The summed E-state index contributed by atoms with van der Waals surface area (Å²) in [5, 5.41) is -0.221. The van der Waals surface area contributed by atoms with Gasteiger partial charge in [-0.25, -0.2) is 8.42 Å². The van der Waals surface area contributed by atoms with E-state index in [2.05, 4.69) is 0 Å². The van der Waals surface area contributed by atoms with Gasteiger partial charge in [-0.1, -0.05) is 0 Å². The van der Waals surface area contributed by atoms with Crippen LogP contribution in [0.1, 0.15) is 29.2 Å². The van der Waals surface area contributed by atoms with Crippen LogP contribution in [0.25, 0.3) is 0 Å². The van der Waals surface area contributed by atoms with Crippen LogP contribution < -0.4 is 0 Å². The summed E-state index contributed by atoms with van der Waals surface area (Å²) in [6.07, 6.45) is 3.13. The normalized spacial score (nSPS) is 15.1. The Bertz CT molecular complexity index is 788. The molecule has 2 aromatic rings. The van der Waals surface area contributed by atoms with E-state index in [0.29, 0.717) is 5.76 Å². The molecule has 0 unspecified atom stereocenters. The van der Waals surface area contributed by atoms with Gasteiger partial charge in [0, 0.05) is 20.1 Å². The summed E-state index contributed by atoms with van der Waals surface area (Å²) in [6, 6.07) is 6.10. The van der Waals surface area contributed by atoms with Gasteiger partial charge < -0.3 is 13.7 Å². The van der Waals surface area contributed by atoms with Gasteiger partial charge >= 0.3 is 0 Å². The van der Waals surface area contributed by atoms with Crippen LogP contribution in [0.4, 0.5) is 0 Å². The van der Waals surface area contributed by atoms with Crippen molar-refractivity contribution in [1.29, 1.82) is 0 Å².